The molecule has 1 aromatic carbocycles. The first kappa shape index (κ1) is 13.9. The Kier molecular flexibility index (Phi) is 4.02. The summed E-state index contributed by atoms with van der Waals surface area (Å²) >= 11 is 0. The maximum Gasteiger partial charge on any atom is 0.119 e. The Balaban J connectivity index is 1.65. The Morgan fingerprint density at radius 2 is 1.85 bits per heavy atom. The predicted molar refractivity (Wildman–Crippen MR) is 81.0 cm³/mol. The molecule has 2 atom stereocenters. The molecule has 2 heteroatoms. The van der Waals surface area contributed by atoms with E-state index in [0.29, 0.717) is 0 Å². The average Bonchev–Trinajstić information content (AvgIpc) is 2.50. The van der Waals surface area contributed by atoms with Crippen LogP contribution in [0.3, 0.4) is 0 Å². The lowest BCUT2D eigenvalue weighted by molar-refractivity contribution is -0.172. The van der Waals surface area contributed by atoms with Gasteiger partial charge in [0.1, 0.15) is 11.9 Å². The molecule has 3 rings (SSSR count). The molecule has 2 unspecified atom stereocenters. The molecule has 2 nitrogen and oxygen atoms in total. The van der Waals surface area contributed by atoms with Crippen LogP contribution in [-0.4, -0.2) is 17.3 Å². The standard InChI is InChI=1S/C18H26O2/c1-2-6-14-7-9-15(10-8-14)20-17-13-16(19)18(17)11-4-3-5-12-18/h7-10,16-17,19H,2-6,11-13H2,1H3. The fourth-order valence-corrected chi connectivity index (χ4v) is 3.94. The van der Waals surface area contributed by atoms with Gasteiger partial charge in [-0.15, -0.1) is 0 Å². The summed E-state index contributed by atoms with van der Waals surface area (Å²) in [4.78, 5) is 0. The Bertz CT molecular complexity index is 431. The minimum atomic E-state index is -0.146. The van der Waals surface area contributed by atoms with Crippen molar-refractivity contribution in [2.75, 3.05) is 0 Å². The van der Waals surface area contributed by atoms with Crippen LogP contribution in [0.15, 0.2) is 24.3 Å². The number of rotatable bonds is 4. The molecule has 2 aliphatic rings. The molecule has 2 fully saturated rings. The summed E-state index contributed by atoms with van der Waals surface area (Å²) in [5.41, 5.74) is 1.43. The first-order valence-electron chi connectivity index (χ1n) is 8.18. The second kappa shape index (κ2) is 5.77. The molecule has 0 heterocycles. The van der Waals surface area contributed by atoms with Gasteiger partial charge in [-0.25, -0.2) is 0 Å². The van der Waals surface area contributed by atoms with E-state index in [-0.39, 0.29) is 17.6 Å². The largest absolute Gasteiger partial charge is 0.490 e. The first-order valence-corrected chi connectivity index (χ1v) is 8.18. The van der Waals surface area contributed by atoms with Gasteiger partial charge in [0.2, 0.25) is 0 Å². The normalized spacial score (nSPS) is 28.1. The van der Waals surface area contributed by atoms with Gasteiger partial charge in [0.25, 0.3) is 0 Å². The van der Waals surface area contributed by atoms with Gasteiger partial charge >= 0.3 is 0 Å². The van der Waals surface area contributed by atoms with Gasteiger partial charge in [0, 0.05) is 11.8 Å². The second-order valence-electron chi connectivity index (χ2n) is 6.55. The van der Waals surface area contributed by atoms with Crippen LogP contribution < -0.4 is 4.74 Å². The molecule has 0 aromatic heterocycles. The van der Waals surface area contributed by atoms with Gasteiger partial charge in [-0.2, -0.15) is 0 Å². The SMILES string of the molecule is CCCc1ccc(OC2CC(O)C23CCCCC3)cc1. The van der Waals surface area contributed by atoms with Gasteiger partial charge in [-0.3, -0.25) is 0 Å². The molecule has 0 bridgehead atoms. The maximum atomic E-state index is 10.2. The van der Waals surface area contributed by atoms with Crippen LogP contribution >= 0.6 is 0 Å². The lowest BCUT2D eigenvalue weighted by Gasteiger charge is -2.55. The summed E-state index contributed by atoms with van der Waals surface area (Å²) in [5.74, 6) is 0.965. The number of aliphatic hydroxyl groups is 1. The van der Waals surface area contributed by atoms with Crippen LogP contribution in [0.25, 0.3) is 0 Å². The van der Waals surface area contributed by atoms with E-state index >= 15 is 0 Å². The minimum Gasteiger partial charge on any atom is -0.490 e. The van der Waals surface area contributed by atoms with Crippen molar-refractivity contribution in [1.82, 2.24) is 0 Å². The van der Waals surface area contributed by atoms with Crippen LogP contribution in [0, 0.1) is 5.41 Å². The number of hydrogen-bond acceptors (Lipinski definition) is 2. The third-order valence-electron chi connectivity index (χ3n) is 5.27. The quantitative estimate of drug-likeness (QED) is 0.895. The van der Waals surface area contributed by atoms with Crippen molar-refractivity contribution in [2.45, 2.75) is 70.5 Å². The van der Waals surface area contributed by atoms with E-state index in [1.165, 1.54) is 31.2 Å². The third-order valence-corrected chi connectivity index (χ3v) is 5.27. The Morgan fingerprint density at radius 1 is 1.15 bits per heavy atom. The van der Waals surface area contributed by atoms with Crippen LogP contribution in [0.1, 0.15) is 57.4 Å². The molecule has 0 radical (unpaired) electrons. The predicted octanol–water partition coefficient (Wildman–Crippen LogP) is 4.10. The van der Waals surface area contributed by atoms with Crippen LogP contribution in [0.4, 0.5) is 0 Å². The number of ether oxygens (including phenoxy) is 1. The molecule has 1 aromatic rings. The van der Waals surface area contributed by atoms with Gasteiger partial charge in [0.05, 0.1) is 6.10 Å². The fraction of sp³-hybridized carbons (Fsp3) is 0.667. The summed E-state index contributed by atoms with van der Waals surface area (Å²) in [7, 11) is 0. The highest BCUT2D eigenvalue weighted by molar-refractivity contribution is 5.28. The highest BCUT2D eigenvalue weighted by Crippen LogP contribution is 2.53. The van der Waals surface area contributed by atoms with Gasteiger partial charge in [-0.05, 0) is 37.0 Å². The number of aliphatic hydroxyl groups excluding tert-OH is 1. The summed E-state index contributed by atoms with van der Waals surface area (Å²) in [5, 5.41) is 10.2. The lowest BCUT2D eigenvalue weighted by atomic mass is 9.56. The van der Waals surface area contributed by atoms with Crippen LogP contribution in [0.2, 0.25) is 0 Å². The number of hydrogen-bond donors (Lipinski definition) is 1. The van der Waals surface area contributed by atoms with Gasteiger partial charge in [-0.1, -0.05) is 44.7 Å². The first-order chi connectivity index (χ1) is 9.74. The lowest BCUT2D eigenvalue weighted by Crippen LogP contribution is -2.60. The highest BCUT2D eigenvalue weighted by Gasteiger charge is 2.56. The zero-order valence-electron chi connectivity index (χ0n) is 12.5. The summed E-state index contributed by atoms with van der Waals surface area (Å²) < 4.78 is 6.19. The molecule has 2 saturated carbocycles. The molecule has 1 spiro atoms. The van der Waals surface area contributed by atoms with E-state index in [0.717, 1.165) is 31.4 Å². The molecule has 110 valence electrons. The van der Waals surface area contributed by atoms with Crippen molar-refractivity contribution in [1.29, 1.82) is 0 Å². The van der Waals surface area contributed by atoms with Crippen molar-refractivity contribution in [3.63, 3.8) is 0 Å². The summed E-state index contributed by atoms with van der Waals surface area (Å²) in [6.45, 7) is 2.20. The van der Waals surface area contributed by atoms with E-state index in [1.807, 2.05) is 0 Å². The van der Waals surface area contributed by atoms with Crippen molar-refractivity contribution < 1.29 is 9.84 Å². The smallest absolute Gasteiger partial charge is 0.119 e. The van der Waals surface area contributed by atoms with Crippen molar-refractivity contribution in [2.24, 2.45) is 5.41 Å². The molecule has 0 aliphatic heterocycles. The van der Waals surface area contributed by atoms with E-state index in [1.54, 1.807) is 0 Å². The molecule has 0 saturated heterocycles. The number of aryl methyl sites for hydroxylation is 1. The van der Waals surface area contributed by atoms with Crippen molar-refractivity contribution in [3.8, 4) is 5.75 Å². The fourth-order valence-electron chi connectivity index (χ4n) is 3.94. The van der Waals surface area contributed by atoms with Gasteiger partial charge in [0.15, 0.2) is 0 Å². The molecular formula is C18H26O2. The van der Waals surface area contributed by atoms with E-state index in [9.17, 15) is 5.11 Å². The monoisotopic (exact) mass is 274 g/mol. The zero-order valence-corrected chi connectivity index (χ0v) is 12.5. The van der Waals surface area contributed by atoms with E-state index < -0.39 is 0 Å². The van der Waals surface area contributed by atoms with E-state index in [2.05, 4.69) is 31.2 Å². The maximum absolute atomic E-state index is 10.2. The molecular weight excluding hydrogens is 248 g/mol. The van der Waals surface area contributed by atoms with Crippen molar-refractivity contribution in [3.05, 3.63) is 29.8 Å². The van der Waals surface area contributed by atoms with Crippen LogP contribution in [-0.2, 0) is 6.42 Å². The Morgan fingerprint density at radius 3 is 2.45 bits per heavy atom. The minimum absolute atomic E-state index is 0.0559. The molecule has 0 amide bonds. The molecule has 2 aliphatic carbocycles. The number of benzene rings is 1. The molecule has 1 N–H and O–H groups in total. The average molecular weight is 274 g/mol. The summed E-state index contributed by atoms with van der Waals surface area (Å²) in [6, 6.07) is 8.52. The zero-order chi connectivity index (χ0) is 14.0. The van der Waals surface area contributed by atoms with Crippen LogP contribution in [0.5, 0.6) is 5.75 Å². The Hall–Kier alpha value is -1.02. The van der Waals surface area contributed by atoms with Gasteiger partial charge < -0.3 is 9.84 Å². The highest BCUT2D eigenvalue weighted by atomic mass is 16.5. The van der Waals surface area contributed by atoms with E-state index in [4.69, 9.17) is 4.74 Å². The van der Waals surface area contributed by atoms with Crippen molar-refractivity contribution >= 4 is 0 Å². The Labute approximate surface area is 122 Å². The second-order valence-corrected chi connectivity index (χ2v) is 6.55. The molecule has 20 heavy (non-hydrogen) atoms. The third kappa shape index (κ3) is 2.46. The summed E-state index contributed by atoms with van der Waals surface area (Å²) in [6.07, 6.45) is 9.24. The topological polar surface area (TPSA) is 29.5 Å².